The molecule has 0 saturated carbocycles. The number of rotatable bonds is 5. The van der Waals surface area contributed by atoms with E-state index < -0.39 is 24.3 Å². The molecule has 0 spiro atoms. The van der Waals surface area contributed by atoms with Gasteiger partial charge in [-0.3, -0.25) is 9.59 Å². The number of carbonyl (C=O) groups excluding carboxylic acids is 3. The van der Waals surface area contributed by atoms with Crippen LogP contribution in [-0.2, 0) is 14.4 Å². The SMILES string of the molecule is [N-]=[N+]=NCCN1CCN(CC(=O)[O-])C(=O)C1=O. The van der Waals surface area contributed by atoms with Crippen LogP contribution in [0.25, 0.3) is 10.4 Å². The average molecular weight is 240 g/mol. The van der Waals surface area contributed by atoms with Gasteiger partial charge in [0.15, 0.2) is 0 Å². The van der Waals surface area contributed by atoms with E-state index in [4.69, 9.17) is 5.53 Å². The van der Waals surface area contributed by atoms with Crippen LogP contribution in [-0.4, -0.2) is 60.3 Å². The van der Waals surface area contributed by atoms with Crippen LogP contribution in [0.5, 0.6) is 0 Å². The van der Waals surface area contributed by atoms with Crippen LogP contribution < -0.4 is 5.11 Å². The minimum atomic E-state index is -1.41. The highest BCUT2D eigenvalue weighted by molar-refractivity contribution is 6.35. The van der Waals surface area contributed by atoms with Gasteiger partial charge >= 0.3 is 11.8 Å². The zero-order chi connectivity index (χ0) is 12.8. The molecule has 0 unspecified atom stereocenters. The maximum absolute atomic E-state index is 11.5. The second-order valence-corrected chi connectivity index (χ2v) is 3.35. The van der Waals surface area contributed by atoms with Crippen LogP contribution in [0.1, 0.15) is 0 Å². The van der Waals surface area contributed by atoms with Gasteiger partial charge in [-0.25, -0.2) is 0 Å². The number of amides is 2. The standard InChI is InChI=1S/C8H11N5O4/c9-11-10-1-2-12-3-4-13(5-6(14)15)8(17)7(12)16/h1-5H2,(H,14,15)/p-1. The Morgan fingerprint density at radius 2 is 1.94 bits per heavy atom. The number of carboxylic acid groups (broad SMARTS) is 1. The Labute approximate surface area is 96.2 Å². The van der Waals surface area contributed by atoms with E-state index in [0.29, 0.717) is 0 Å². The molecule has 0 aromatic rings. The summed E-state index contributed by atoms with van der Waals surface area (Å²) in [6.07, 6.45) is 0. The summed E-state index contributed by atoms with van der Waals surface area (Å²) < 4.78 is 0. The minimum Gasteiger partial charge on any atom is -0.548 e. The first-order valence-corrected chi connectivity index (χ1v) is 4.85. The van der Waals surface area contributed by atoms with Gasteiger partial charge in [0.05, 0.1) is 12.5 Å². The molecule has 0 radical (unpaired) electrons. The van der Waals surface area contributed by atoms with Crippen molar-refractivity contribution in [1.29, 1.82) is 0 Å². The first-order chi connectivity index (χ1) is 8.06. The zero-order valence-corrected chi connectivity index (χ0v) is 8.90. The molecule has 1 fully saturated rings. The van der Waals surface area contributed by atoms with Crippen LogP contribution >= 0.6 is 0 Å². The quantitative estimate of drug-likeness (QED) is 0.232. The average Bonchev–Trinajstić information content (AvgIpc) is 2.28. The number of carboxylic acids is 1. The van der Waals surface area contributed by atoms with Crippen molar-refractivity contribution in [2.24, 2.45) is 5.11 Å². The number of hydrogen-bond donors (Lipinski definition) is 0. The number of azide groups is 1. The fraction of sp³-hybridized carbons (Fsp3) is 0.625. The minimum absolute atomic E-state index is 0.0794. The molecule has 0 N–H and O–H groups in total. The molecule has 1 rings (SSSR count). The van der Waals surface area contributed by atoms with E-state index in [-0.39, 0.29) is 26.2 Å². The van der Waals surface area contributed by atoms with Gasteiger partial charge in [0.25, 0.3) is 0 Å². The third-order valence-electron chi connectivity index (χ3n) is 2.25. The number of piperazine rings is 1. The Bertz CT molecular complexity index is 389. The molecule has 1 saturated heterocycles. The van der Waals surface area contributed by atoms with Gasteiger partial charge in [0, 0.05) is 31.1 Å². The number of carbonyl (C=O) groups is 3. The predicted octanol–water partition coefficient (Wildman–Crippen LogP) is -2.28. The molecular formula is C8H10N5O4-. The Morgan fingerprint density at radius 1 is 1.35 bits per heavy atom. The van der Waals surface area contributed by atoms with Crippen molar-refractivity contribution < 1.29 is 19.5 Å². The third kappa shape index (κ3) is 3.35. The maximum Gasteiger partial charge on any atom is 0.312 e. The van der Waals surface area contributed by atoms with E-state index in [2.05, 4.69) is 10.0 Å². The molecule has 92 valence electrons. The van der Waals surface area contributed by atoms with Crippen molar-refractivity contribution in [3.8, 4) is 0 Å². The first kappa shape index (κ1) is 12.8. The van der Waals surface area contributed by atoms with E-state index in [1.165, 1.54) is 4.90 Å². The molecule has 1 aliphatic rings. The summed E-state index contributed by atoms with van der Waals surface area (Å²) in [6, 6.07) is 0. The monoisotopic (exact) mass is 240 g/mol. The highest BCUT2D eigenvalue weighted by Crippen LogP contribution is 2.04. The fourth-order valence-corrected chi connectivity index (χ4v) is 1.45. The van der Waals surface area contributed by atoms with Crippen molar-refractivity contribution in [1.82, 2.24) is 9.80 Å². The van der Waals surface area contributed by atoms with Crippen molar-refractivity contribution in [2.75, 3.05) is 32.7 Å². The van der Waals surface area contributed by atoms with Gasteiger partial charge in [-0.15, -0.1) is 0 Å². The maximum atomic E-state index is 11.5. The van der Waals surface area contributed by atoms with E-state index in [1.54, 1.807) is 0 Å². The van der Waals surface area contributed by atoms with Crippen LogP contribution in [0.15, 0.2) is 5.11 Å². The van der Waals surface area contributed by atoms with E-state index >= 15 is 0 Å². The normalized spacial score (nSPS) is 15.8. The molecule has 0 bridgehead atoms. The molecule has 9 nitrogen and oxygen atoms in total. The first-order valence-electron chi connectivity index (χ1n) is 4.85. The topological polar surface area (TPSA) is 130 Å². The Hall–Kier alpha value is -2.28. The molecule has 9 heteroatoms. The van der Waals surface area contributed by atoms with Crippen LogP contribution in [0, 0.1) is 0 Å². The Kier molecular flexibility index (Phi) is 4.29. The highest BCUT2D eigenvalue weighted by atomic mass is 16.4. The summed E-state index contributed by atoms with van der Waals surface area (Å²) in [7, 11) is 0. The lowest BCUT2D eigenvalue weighted by atomic mass is 10.3. The lowest BCUT2D eigenvalue weighted by molar-refractivity contribution is -0.306. The van der Waals surface area contributed by atoms with Gasteiger partial charge in [-0.1, -0.05) is 5.11 Å². The van der Waals surface area contributed by atoms with Gasteiger partial charge in [0.2, 0.25) is 0 Å². The van der Waals surface area contributed by atoms with Gasteiger partial charge in [-0.2, -0.15) is 0 Å². The highest BCUT2D eigenvalue weighted by Gasteiger charge is 2.31. The van der Waals surface area contributed by atoms with Crippen molar-refractivity contribution >= 4 is 17.8 Å². The summed E-state index contributed by atoms with van der Waals surface area (Å²) in [5.41, 5.74) is 8.06. The summed E-state index contributed by atoms with van der Waals surface area (Å²) >= 11 is 0. The summed E-state index contributed by atoms with van der Waals surface area (Å²) in [4.78, 5) is 37.9. The van der Waals surface area contributed by atoms with Crippen LogP contribution in [0.2, 0.25) is 0 Å². The molecule has 1 heterocycles. The zero-order valence-electron chi connectivity index (χ0n) is 8.90. The fourth-order valence-electron chi connectivity index (χ4n) is 1.45. The second kappa shape index (κ2) is 5.71. The largest absolute Gasteiger partial charge is 0.548 e. The van der Waals surface area contributed by atoms with E-state index in [0.717, 1.165) is 4.90 Å². The number of aliphatic carboxylic acids is 1. The summed E-state index contributed by atoms with van der Waals surface area (Å²) in [5, 5.41) is 13.6. The molecule has 0 aromatic heterocycles. The van der Waals surface area contributed by atoms with E-state index in [9.17, 15) is 19.5 Å². The molecule has 0 aromatic carbocycles. The molecule has 1 aliphatic heterocycles. The van der Waals surface area contributed by atoms with Gasteiger partial charge in [-0.05, 0) is 5.53 Å². The Balaban J connectivity index is 2.56. The molecular weight excluding hydrogens is 230 g/mol. The van der Waals surface area contributed by atoms with Crippen molar-refractivity contribution in [3.05, 3.63) is 10.4 Å². The third-order valence-corrected chi connectivity index (χ3v) is 2.25. The lowest BCUT2D eigenvalue weighted by Crippen LogP contribution is -2.56. The summed E-state index contributed by atoms with van der Waals surface area (Å²) in [5.74, 6) is -3.07. The number of nitrogens with zero attached hydrogens (tertiary/aromatic N) is 5. The van der Waals surface area contributed by atoms with Crippen molar-refractivity contribution in [2.45, 2.75) is 0 Å². The Morgan fingerprint density at radius 3 is 2.53 bits per heavy atom. The van der Waals surface area contributed by atoms with Gasteiger partial charge < -0.3 is 19.7 Å². The lowest BCUT2D eigenvalue weighted by Gasteiger charge is -2.33. The van der Waals surface area contributed by atoms with Crippen molar-refractivity contribution in [3.63, 3.8) is 0 Å². The molecule has 0 aliphatic carbocycles. The van der Waals surface area contributed by atoms with Crippen LogP contribution in [0.4, 0.5) is 0 Å². The molecule has 17 heavy (non-hydrogen) atoms. The predicted molar refractivity (Wildman–Crippen MR) is 52.2 cm³/mol. The molecule has 2 amide bonds. The van der Waals surface area contributed by atoms with Crippen LogP contribution in [0.3, 0.4) is 0 Å². The second-order valence-electron chi connectivity index (χ2n) is 3.35. The summed E-state index contributed by atoms with van der Waals surface area (Å²) in [6.45, 7) is -0.00775. The van der Waals surface area contributed by atoms with E-state index in [1.807, 2.05) is 0 Å². The smallest absolute Gasteiger partial charge is 0.312 e. The van der Waals surface area contributed by atoms with Gasteiger partial charge in [0.1, 0.15) is 0 Å². The molecule has 0 atom stereocenters. The number of hydrogen-bond acceptors (Lipinski definition) is 5.